The molecule has 1 heterocycles. The second kappa shape index (κ2) is 8.42. The quantitative estimate of drug-likeness (QED) is 0.649. The molecule has 0 radical (unpaired) electrons. The maximum Gasteiger partial charge on any atom is 0.226 e. The van der Waals surface area contributed by atoms with Crippen molar-refractivity contribution in [3.63, 3.8) is 0 Å². The standard InChI is InChI=1S/C17H22BrFN2O3S/c1-3-8-20(12-14-11-15(18)4-5-16(14)19)17(22)13-6-9-21(10-7-13)25(2,23)24/h3-5,11,13H,1,6-10,12H2,2H3. The zero-order valence-corrected chi connectivity index (χ0v) is 16.5. The summed E-state index contributed by atoms with van der Waals surface area (Å²) in [6.07, 6.45) is 3.73. The number of carbonyl (C=O) groups excluding carboxylic acids is 1. The van der Waals surface area contributed by atoms with E-state index in [1.54, 1.807) is 23.1 Å². The summed E-state index contributed by atoms with van der Waals surface area (Å²) < 4.78 is 39.3. The third kappa shape index (κ3) is 5.36. The molecule has 1 fully saturated rings. The van der Waals surface area contributed by atoms with Crippen LogP contribution in [0, 0.1) is 11.7 Å². The molecule has 0 N–H and O–H groups in total. The topological polar surface area (TPSA) is 57.7 Å². The Morgan fingerprint density at radius 2 is 2.08 bits per heavy atom. The summed E-state index contributed by atoms with van der Waals surface area (Å²) >= 11 is 3.31. The average Bonchev–Trinajstić information content (AvgIpc) is 2.56. The van der Waals surface area contributed by atoms with Gasteiger partial charge in [-0.15, -0.1) is 6.58 Å². The SMILES string of the molecule is C=CCN(Cc1cc(Br)ccc1F)C(=O)C1CCN(S(C)(=O)=O)CC1. The zero-order chi connectivity index (χ0) is 18.6. The van der Waals surface area contributed by atoms with Gasteiger partial charge in [0.1, 0.15) is 5.82 Å². The Hall–Kier alpha value is -1.25. The first-order chi connectivity index (χ1) is 11.7. The third-order valence-electron chi connectivity index (χ3n) is 4.30. The van der Waals surface area contributed by atoms with E-state index >= 15 is 0 Å². The van der Waals surface area contributed by atoms with Gasteiger partial charge < -0.3 is 4.90 Å². The molecule has 0 bridgehead atoms. The molecule has 1 aromatic rings. The molecule has 8 heteroatoms. The predicted molar refractivity (Wildman–Crippen MR) is 98.9 cm³/mol. The maximum absolute atomic E-state index is 14.0. The van der Waals surface area contributed by atoms with Crippen LogP contribution < -0.4 is 0 Å². The van der Waals surface area contributed by atoms with Gasteiger partial charge in [0, 0.05) is 42.1 Å². The Bertz CT molecular complexity index is 746. The van der Waals surface area contributed by atoms with Crippen LogP contribution in [0.2, 0.25) is 0 Å². The van der Waals surface area contributed by atoms with Gasteiger partial charge in [-0.3, -0.25) is 4.79 Å². The molecule has 0 aliphatic carbocycles. The summed E-state index contributed by atoms with van der Waals surface area (Å²) in [6, 6.07) is 4.63. The van der Waals surface area contributed by atoms with Gasteiger partial charge in [-0.05, 0) is 31.0 Å². The van der Waals surface area contributed by atoms with Gasteiger partial charge in [-0.1, -0.05) is 22.0 Å². The number of carbonyl (C=O) groups is 1. The largest absolute Gasteiger partial charge is 0.334 e. The first-order valence-electron chi connectivity index (χ1n) is 8.01. The van der Waals surface area contributed by atoms with Crippen molar-refractivity contribution in [3.05, 3.63) is 46.7 Å². The van der Waals surface area contributed by atoms with E-state index in [9.17, 15) is 17.6 Å². The summed E-state index contributed by atoms with van der Waals surface area (Å²) in [5, 5.41) is 0. The van der Waals surface area contributed by atoms with Gasteiger partial charge >= 0.3 is 0 Å². The predicted octanol–water partition coefficient (Wildman–Crippen LogP) is 2.77. The van der Waals surface area contributed by atoms with Crippen LogP contribution in [0.5, 0.6) is 0 Å². The van der Waals surface area contributed by atoms with Crippen molar-refractivity contribution in [2.45, 2.75) is 19.4 Å². The van der Waals surface area contributed by atoms with E-state index in [4.69, 9.17) is 0 Å². The van der Waals surface area contributed by atoms with Crippen LogP contribution in [0.1, 0.15) is 18.4 Å². The number of benzene rings is 1. The molecule has 1 aliphatic rings. The Morgan fingerprint density at radius 3 is 2.64 bits per heavy atom. The van der Waals surface area contributed by atoms with Crippen LogP contribution >= 0.6 is 15.9 Å². The van der Waals surface area contributed by atoms with E-state index in [1.807, 2.05) is 0 Å². The van der Waals surface area contributed by atoms with Gasteiger partial charge in [-0.2, -0.15) is 0 Å². The van der Waals surface area contributed by atoms with E-state index in [2.05, 4.69) is 22.5 Å². The maximum atomic E-state index is 14.0. The van der Waals surface area contributed by atoms with Crippen molar-refractivity contribution >= 4 is 31.9 Å². The highest BCUT2D eigenvalue weighted by atomic mass is 79.9. The highest BCUT2D eigenvalue weighted by molar-refractivity contribution is 9.10. The van der Waals surface area contributed by atoms with Gasteiger partial charge in [-0.25, -0.2) is 17.1 Å². The van der Waals surface area contributed by atoms with E-state index in [-0.39, 0.29) is 24.2 Å². The highest BCUT2D eigenvalue weighted by Gasteiger charge is 2.31. The second-order valence-electron chi connectivity index (χ2n) is 6.18. The van der Waals surface area contributed by atoms with Crippen molar-refractivity contribution in [1.29, 1.82) is 0 Å². The van der Waals surface area contributed by atoms with E-state index < -0.39 is 10.0 Å². The lowest BCUT2D eigenvalue weighted by Crippen LogP contribution is -2.44. The number of sulfonamides is 1. The molecule has 1 saturated heterocycles. The summed E-state index contributed by atoms with van der Waals surface area (Å²) in [5.41, 5.74) is 0.429. The summed E-state index contributed by atoms with van der Waals surface area (Å²) in [6.45, 7) is 4.81. The number of hydrogen-bond acceptors (Lipinski definition) is 3. The van der Waals surface area contributed by atoms with Crippen molar-refractivity contribution in [1.82, 2.24) is 9.21 Å². The monoisotopic (exact) mass is 432 g/mol. The molecule has 1 aliphatic heterocycles. The van der Waals surface area contributed by atoms with Crippen LogP contribution in [0.15, 0.2) is 35.3 Å². The van der Waals surface area contributed by atoms with Crippen LogP contribution in [0.4, 0.5) is 4.39 Å². The number of nitrogens with zero attached hydrogens (tertiary/aromatic N) is 2. The normalized spacial score (nSPS) is 16.6. The highest BCUT2D eigenvalue weighted by Crippen LogP contribution is 2.23. The number of piperidine rings is 1. The smallest absolute Gasteiger partial charge is 0.226 e. The molecule has 0 unspecified atom stereocenters. The number of amides is 1. The molecule has 25 heavy (non-hydrogen) atoms. The van der Waals surface area contributed by atoms with E-state index in [1.165, 1.54) is 16.6 Å². The first kappa shape index (κ1) is 20.1. The first-order valence-corrected chi connectivity index (χ1v) is 10.6. The molecule has 1 aromatic carbocycles. The molecule has 0 atom stereocenters. The Morgan fingerprint density at radius 1 is 1.44 bits per heavy atom. The molecule has 2 rings (SSSR count). The lowest BCUT2D eigenvalue weighted by molar-refractivity contribution is -0.136. The van der Waals surface area contributed by atoms with Crippen molar-refractivity contribution < 1.29 is 17.6 Å². The minimum absolute atomic E-state index is 0.0903. The fraction of sp³-hybridized carbons (Fsp3) is 0.471. The van der Waals surface area contributed by atoms with Crippen molar-refractivity contribution in [2.75, 3.05) is 25.9 Å². The molecule has 5 nitrogen and oxygen atoms in total. The average molecular weight is 433 g/mol. The Kier molecular flexibility index (Phi) is 6.76. The third-order valence-corrected chi connectivity index (χ3v) is 6.10. The number of rotatable bonds is 6. The lowest BCUT2D eigenvalue weighted by atomic mass is 9.96. The van der Waals surface area contributed by atoms with Crippen LogP contribution in [-0.4, -0.2) is 49.4 Å². The summed E-state index contributed by atoms with van der Waals surface area (Å²) in [5.74, 6) is -0.711. The van der Waals surface area contributed by atoms with E-state index in [0.717, 1.165) is 4.47 Å². The Balaban J connectivity index is 2.08. The Labute approximate surface area is 156 Å². The molecular weight excluding hydrogens is 411 g/mol. The zero-order valence-electron chi connectivity index (χ0n) is 14.1. The summed E-state index contributed by atoms with van der Waals surface area (Å²) in [4.78, 5) is 14.4. The number of halogens is 2. The minimum Gasteiger partial charge on any atom is -0.334 e. The molecular formula is C17H22BrFN2O3S. The van der Waals surface area contributed by atoms with Crippen LogP contribution in [0.25, 0.3) is 0 Å². The molecule has 0 aromatic heterocycles. The van der Waals surface area contributed by atoms with Crippen molar-refractivity contribution in [3.8, 4) is 0 Å². The van der Waals surface area contributed by atoms with Gasteiger partial charge in [0.05, 0.1) is 6.26 Å². The van der Waals surface area contributed by atoms with Gasteiger partial charge in [0.25, 0.3) is 0 Å². The van der Waals surface area contributed by atoms with Crippen LogP contribution in [0.3, 0.4) is 0 Å². The van der Waals surface area contributed by atoms with Gasteiger partial charge in [0.2, 0.25) is 15.9 Å². The van der Waals surface area contributed by atoms with E-state index in [0.29, 0.717) is 38.0 Å². The molecule has 138 valence electrons. The number of hydrogen-bond donors (Lipinski definition) is 0. The van der Waals surface area contributed by atoms with Crippen molar-refractivity contribution in [2.24, 2.45) is 5.92 Å². The second-order valence-corrected chi connectivity index (χ2v) is 9.08. The fourth-order valence-corrected chi connectivity index (χ4v) is 4.23. The fourth-order valence-electron chi connectivity index (χ4n) is 2.95. The van der Waals surface area contributed by atoms with Crippen LogP contribution in [-0.2, 0) is 21.4 Å². The van der Waals surface area contributed by atoms with Gasteiger partial charge in [0.15, 0.2) is 0 Å². The molecule has 0 spiro atoms. The molecule has 1 amide bonds. The molecule has 0 saturated carbocycles. The summed E-state index contributed by atoms with van der Waals surface area (Å²) in [7, 11) is -3.23. The lowest BCUT2D eigenvalue weighted by Gasteiger charge is -2.33. The minimum atomic E-state index is -3.23.